The van der Waals surface area contributed by atoms with Gasteiger partial charge in [-0.1, -0.05) is 20.8 Å². The van der Waals surface area contributed by atoms with Crippen molar-refractivity contribution < 1.29 is 8.78 Å². The van der Waals surface area contributed by atoms with Crippen LogP contribution in [0, 0.1) is 11.3 Å². The van der Waals surface area contributed by atoms with Crippen LogP contribution >= 0.6 is 0 Å². The van der Waals surface area contributed by atoms with Crippen molar-refractivity contribution in [2.24, 2.45) is 11.3 Å². The summed E-state index contributed by atoms with van der Waals surface area (Å²) >= 11 is 0. The van der Waals surface area contributed by atoms with Gasteiger partial charge in [0.05, 0.1) is 6.04 Å². The zero-order valence-electron chi connectivity index (χ0n) is 9.19. The van der Waals surface area contributed by atoms with E-state index in [1.54, 1.807) is 5.01 Å². The van der Waals surface area contributed by atoms with Gasteiger partial charge >= 0.3 is 0 Å². The summed E-state index contributed by atoms with van der Waals surface area (Å²) in [6, 6.07) is -0.609. The fourth-order valence-corrected chi connectivity index (χ4v) is 1.66. The Hall–Kier alpha value is -0.220. The molecule has 1 unspecified atom stereocenters. The van der Waals surface area contributed by atoms with E-state index in [0.29, 0.717) is 5.92 Å². The predicted molar refractivity (Wildman–Crippen MR) is 53.4 cm³/mol. The Morgan fingerprint density at radius 3 is 2.29 bits per heavy atom. The van der Waals surface area contributed by atoms with E-state index in [1.807, 2.05) is 0 Å². The van der Waals surface area contributed by atoms with Gasteiger partial charge in [-0.15, -0.1) is 0 Å². The summed E-state index contributed by atoms with van der Waals surface area (Å²) in [5.41, 5.74) is 3.26. The van der Waals surface area contributed by atoms with Crippen molar-refractivity contribution in [3.63, 3.8) is 0 Å². The SMILES string of the molecule is CC(C)(C)C1CNN(C(CF)CF)C1. The minimum absolute atomic E-state index is 0.193. The van der Waals surface area contributed by atoms with E-state index in [-0.39, 0.29) is 5.41 Å². The quantitative estimate of drug-likeness (QED) is 0.757. The molecule has 0 aliphatic carbocycles. The first-order valence-electron chi connectivity index (χ1n) is 5.11. The molecule has 14 heavy (non-hydrogen) atoms. The normalized spacial score (nSPS) is 24.9. The van der Waals surface area contributed by atoms with Crippen molar-refractivity contribution in [2.75, 3.05) is 26.4 Å². The number of halogens is 2. The highest BCUT2D eigenvalue weighted by molar-refractivity contribution is 4.85. The average molecular weight is 206 g/mol. The highest BCUT2D eigenvalue weighted by atomic mass is 19.1. The van der Waals surface area contributed by atoms with Crippen LogP contribution in [0.15, 0.2) is 0 Å². The van der Waals surface area contributed by atoms with Gasteiger partial charge in [-0.25, -0.2) is 13.8 Å². The molecule has 0 aromatic heterocycles. The van der Waals surface area contributed by atoms with E-state index < -0.39 is 19.4 Å². The van der Waals surface area contributed by atoms with Crippen molar-refractivity contribution in [2.45, 2.75) is 26.8 Å². The third-order valence-corrected chi connectivity index (χ3v) is 2.98. The molecule has 1 aliphatic heterocycles. The molecule has 4 heteroatoms. The standard InChI is InChI=1S/C10H20F2N2/c1-10(2,3)8-6-13-14(7-8)9(4-11)5-12/h8-9,13H,4-7H2,1-3H3. The lowest BCUT2D eigenvalue weighted by Crippen LogP contribution is -2.43. The lowest BCUT2D eigenvalue weighted by Gasteiger charge is -2.27. The molecule has 0 radical (unpaired) electrons. The van der Waals surface area contributed by atoms with Gasteiger partial charge in [0, 0.05) is 13.1 Å². The first-order valence-corrected chi connectivity index (χ1v) is 5.11. The molecule has 1 N–H and O–H groups in total. The molecule has 0 spiro atoms. The molecule has 0 amide bonds. The highest BCUT2D eigenvalue weighted by Crippen LogP contribution is 2.29. The summed E-state index contributed by atoms with van der Waals surface area (Å²) in [6.07, 6.45) is 0. The number of nitrogens with zero attached hydrogens (tertiary/aromatic N) is 1. The van der Waals surface area contributed by atoms with Crippen LogP contribution in [0.1, 0.15) is 20.8 Å². The van der Waals surface area contributed by atoms with Gasteiger partial charge in [-0.2, -0.15) is 0 Å². The molecular weight excluding hydrogens is 186 g/mol. The van der Waals surface area contributed by atoms with E-state index in [2.05, 4.69) is 26.2 Å². The number of rotatable bonds is 3. The molecule has 1 saturated heterocycles. The monoisotopic (exact) mass is 206 g/mol. The fraction of sp³-hybridized carbons (Fsp3) is 1.00. The van der Waals surface area contributed by atoms with Crippen LogP contribution in [0.4, 0.5) is 8.78 Å². The minimum atomic E-state index is -0.625. The van der Waals surface area contributed by atoms with Crippen molar-refractivity contribution in [1.29, 1.82) is 0 Å². The Bertz CT molecular complexity index is 175. The van der Waals surface area contributed by atoms with Gasteiger partial charge < -0.3 is 0 Å². The minimum Gasteiger partial charge on any atom is -0.254 e. The van der Waals surface area contributed by atoms with Crippen molar-refractivity contribution in [3.05, 3.63) is 0 Å². The van der Waals surface area contributed by atoms with E-state index >= 15 is 0 Å². The van der Waals surface area contributed by atoms with E-state index in [0.717, 1.165) is 13.1 Å². The second-order valence-electron chi connectivity index (χ2n) is 5.04. The third-order valence-electron chi connectivity index (χ3n) is 2.98. The van der Waals surface area contributed by atoms with Gasteiger partial charge in [0.2, 0.25) is 0 Å². The molecule has 0 bridgehead atoms. The molecule has 1 heterocycles. The predicted octanol–water partition coefficient (Wildman–Crippen LogP) is 1.78. The maximum absolute atomic E-state index is 12.4. The summed E-state index contributed by atoms with van der Waals surface area (Å²) in [4.78, 5) is 0. The molecule has 1 aliphatic rings. The topological polar surface area (TPSA) is 15.3 Å². The maximum atomic E-state index is 12.4. The first-order chi connectivity index (χ1) is 6.49. The summed E-state index contributed by atoms with van der Waals surface area (Å²) in [6.45, 7) is 6.77. The molecule has 0 aromatic carbocycles. The molecule has 1 fully saturated rings. The molecule has 0 saturated carbocycles. The Morgan fingerprint density at radius 1 is 1.36 bits per heavy atom. The lowest BCUT2D eigenvalue weighted by molar-refractivity contribution is 0.111. The Balaban J connectivity index is 2.48. The molecule has 0 aromatic rings. The highest BCUT2D eigenvalue weighted by Gasteiger charge is 2.34. The molecule has 2 nitrogen and oxygen atoms in total. The fourth-order valence-electron chi connectivity index (χ4n) is 1.66. The van der Waals surface area contributed by atoms with E-state index in [1.165, 1.54) is 0 Å². The van der Waals surface area contributed by atoms with Crippen molar-refractivity contribution >= 4 is 0 Å². The third kappa shape index (κ3) is 2.64. The maximum Gasteiger partial charge on any atom is 0.109 e. The van der Waals surface area contributed by atoms with Crippen LogP contribution in [0.2, 0.25) is 0 Å². The Morgan fingerprint density at radius 2 is 1.93 bits per heavy atom. The molecule has 84 valence electrons. The second kappa shape index (κ2) is 4.53. The van der Waals surface area contributed by atoms with Gasteiger partial charge in [0.1, 0.15) is 13.3 Å². The summed E-state index contributed by atoms with van der Waals surface area (Å²) in [7, 11) is 0. The van der Waals surface area contributed by atoms with Crippen LogP contribution in [0.5, 0.6) is 0 Å². The van der Waals surface area contributed by atoms with E-state index in [9.17, 15) is 8.78 Å². The number of alkyl halides is 2. The molecular formula is C10H20F2N2. The van der Waals surface area contributed by atoms with Gasteiger partial charge in [-0.3, -0.25) is 5.43 Å². The van der Waals surface area contributed by atoms with Crippen LogP contribution < -0.4 is 5.43 Å². The van der Waals surface area contributed by atoms with Crippen LogP contribution in [0.25, 0.3) is 0 Å². The smallest absolute Gasteiger partial charge is 0.109 e. The van der Waals surface area contributed by atoms with Gasteiger partial charge in [0.15, 0.2) is 0 Å². The van der Waals surface area contributed by atoms with E-state index in [4.69, 9.17) is 0 Å². The summed E-state index contributed by atoms with van der Waals surface area (Å²) in [5, 5.41) is 1.70. The zero-order valence-corrected chi connectivity index (χ0v) is 9.19. The second-order valence-corrected chi connectivity index (χ2v) is 5.04. The largest absolute Gasteiger partial charge is 0.254 e. The van der Waals surface area contributed by atoms with Crippen molar-refractivity contribution in [3.8, 4) is 0 Å². The summed E-state index contributed by atoms with van der Waals surface area (Å²) in [5.74, 6) is 0.461. The summed E-state index contributed by atoms with van der Waals surface area (Å²) < 4.78 is 24.8. The number of nitrogens with one attached hydrogen (secondary N) is 1. The molecule has 1 atom stereocenters. The van der Waals surface area contributed by atoms with Crippen LogP contribution in [-0.2, 0) is 0 Å². The van der Waals surface area contributed by atoms with Gasteiger partial charge in [-0.05, 0) is 11.3 Å². The zero-order chi connectivity index (χ0) is 10.8. The Labute approximate surface area is 84.6 Å². The number of hydrazine groups is 1. The average Bonchev–Trinajstić information content (AvgIpc) is 2.54. The van der Waals surface area contributed by atoms with Gasteiger partial charge in [0.25, 0.3) is 0 Å². The lowest BCUT2D eigenvalue weighted by atomic mass is 9.81. The Kier molecular flexibility index (Phi) is 3.84. The molecule has 1 rings (SSSR count). The first kappa shape index (κ1) is 11.9. The number of hydrogen-bond acceptors (Lipinski definition) is 2. The van der Waals surface area contributed by atoms with Crippen LogP contribution in [-0.4, -0.2) is 37.5 Å². The number of hydrogen-bond donors (Lipinski definition) is 1. The van der Waals surface area contributed by atoms with Crippen molar-refractivity contribution in [1.82, 2.24) is 10.4 Å². The van der Waals surface area contributed by atoms with Crippen LogP contribution in [0.3, 0.4) is 0 Å².